The largest absolute Gasteiger partial charge is 0.505 e. The van der Waals surface area contributed by atoms with E-state index in [0.29, 0.717) is 24.3 Å². The fourth-order valence-corrected chi connectivity index (χ4v) is 1.40. The van der Waals surface area contributed by atoms with Crippen molar-refractivity contribution in [1.82, 2.24) is 0 Å². The molecular weight excluding hydrogens is 197 g/mol. The number of phenols is 1. The summed E-state index contributed by atoms with van der Waals surface area (Å²) >= 11 is 0. The molecule has 0 atom stereocenters. The summed E-state index contributed by atoms with van der Waals surface area (Å²) < 4.78 is 18.4. The van der Waals surface area contributed by atoms with Crippen LogP contribution < -0.4 is 10.5 Å². The molecule has 0 saturated heterocycles. The van der Waals surface area contributed by atoms with Crippen LogP contribution in [0, 0.1) is 5.82 Å². The summed E-state index contributed by atoms with van der Waals surface area (Å²) in [5.74, 6) is -0.457. The van der Waals surface area contributed by atoms with Gasteiger partial charge in [-0.05, 0) is 37.4 Å². The van der Waals surface area contributed by atoms with Crippen LogP contribution in [0.4, 0.5) is 4.39 Å². The van der Waals surface area contributed by atoms with Crippen molar-refractivity contribution in [3.8, 4) is 11.5 Å². The average Bonchev–Trinajstić information content (AvgIpc) is 2.24. The molecule has 0 heterocycles. The Balaban J connectivity index is 2.80. The highest BCUT2D eigenvalue weighted by atomic mass is 19.1. The van der Waals surface area contributed by atoms with Crippen LogP contribution in [0.3, 0.4) is 0 Å². The summed E-state index contributed by atoms with van der Waals surface area (Å²) in [5.41, 5.74) is 5.82. The highest BCUT2D eigenvalue weighted by molar-refractivity contribution is 5.39. The molecular formula is C11H16FNO2. The molecule has 1 rings (SSSR count). The van der Waals surface area contributed by atoms with Crippen molar-refractivity contribution in [1.29, 1.82) is 0 Å². The first-order valence-corrected chi connectivity index (χ1v) is 4.94. The van der Waals surface area contributed by atoms with Gasteiger partial charge in [-0.2, -0.15) is 0 Å². The molecule has 1 aromatic carbocycles. The third kappa shape index (κ3) is 3.09. The van der Waals surface area contributed by atoms with E-state index in [1.807, 2.05) is 0 Å². The second kappa shape index (κ2) is 5.56. The van der Waals surface area contributed by atoms with Crippen LogP contribution in [0.1, 0.15) is 18.4 Å². The zero-order valence-electron chi connectivity index (χ0n) is 8.79. The van der Waals surface area contributed by atoms with E-state index >= 15 is 0 Å². The van der Waals surface area contributed by atoms with Gasteiger partial charge in [0.1, 0.15) is 5.75 Å². The van der Waals surface area contributed by atoms with Crippen LogP contribution in [-0.4, -0.2) is 18.8 Å². The van der Waals surface area contributed by atoms with E-state index < -0.39 is 5.82 Å². The minimum atomic E-state index is -0.562. The lowest BCUT2D eigenvalue weighted by molar-refractivity contribution is 0.394. The lowest BCUT2D eigenvalue weighted by Gasteiger charge is -2.07. The Bertz CT molecular complexity index is 329. The number of rotatable bonds is 5. The zero-order chi connectivity index (χ0) is 11.3. The summed E-state index contributed by atoms with van der Waals surface area (Å²) in [4.78, 5) is 0. The summed E-state index contributed by atoms with van der Waals surface area (Å²) in [6.45, 7) is 0.595. The standard InChI is InChI=1S/C11H16FNO2/c1-15-9-6-8(4-2-3-5-13)11(12)10(14)7-9/h6-7,14H,2-5,13H2,1H3. The fraction of sp³-hybridized carbons (Fsp3) is 0.455. The van der Waals surface area contributed by atoms with Gasteiger partial charge in [0, 0.05) is 6.07 Å². The van der Waals surface area contributed by atoms with E-state index in [4.69, 9.17) is 10.5 Å². The smallest absolute Gasteiger partial charge is 0.168 e. The molecule has 0 radical (unpaired) electrons. The minimum Gasteiger partial charge on any atom is -0.505 e. The van der Waals surface area contributed by atoms with Crippen LogP contribution in [0.25, 0.3) is 0 Å². The molecule has 0 unspecified atom stereocenters. The average molecular weight is 213 g/mol. The molecule has 0 amide bonds. The van der Waals surface area contributed by atoms with Gasteiger partial charge in [-0.25, -0.2) is 4.39 Å². The summed E-state index contributed by atoms with van der Waals surface area (Å²) in [5, 5.41) is 9.29. The highest BCUT2D eigenvalue weighted by Gasteiger charge is 2.09. The molecule has 0 aliphatic rings. The van der Waals surface area contributed by atoms with Crippen LogP contribution in [0.5, 0.6) is 11.5 Å². The summed E-state index contributed by atoms with van der Waals surface area (Å²) in [6.07, 6.45) is 2.21. The number of benzene rings is 1. The Kier molecular flexibility index (Phi) is 4.37. The Hall–Kier alpha value is -1.29. The fourth-order valence-electron chi connectivity index (χ4n) is 1.40. The summed E-state index contributed by atoms with van der Waals surface area (Å²) in [6, 6.07) is 2.87. The van der Waals surface area contributed by atoms with Gasteiger partial charge in [-0.3, -0.25) is 0 Å². The topological polar surface area (TPSA) is 55.5 Å². The van der Waals surface area contributed by atoms with Crippen molar-refractivity contribution >= 4 is 0 Å². The van der Waals surface area contributed by atoms with E-state index in [-0.39, 0.29) is 5.75 Å². The van der Waals surface area contributed by atoms with Crippen molar-refractivity contribution in [2.45, 2.75) is 19.3 Å². The maximum absolute atomic E-state index is 13.4. The van der Waals surface area contributed by atoms with Gasteiger partial charge in [0.25, 0.3) is 0 Å². The molecule has 0 bridgehead atoms. The first-order chi connectivity index (χ1) is 7.19. The zero-order valence-corrected chi connectivity index (χ0v) is 8.79. The number of unbranched alkanes of at least 4 members (excludes halogenated alkanes) is 1. The van der Waals surface area contributed by atoms with Gasteiger partial charge in [0.05, 0.1) is 7.11 Å². The van der Waals surface area contributed by atoms with Crippen LogP contribution >= 0.6 is 0 Å². The predicted octanol–water partition coefficient (Wildman–Crippen LogP) is 1.82. The Morgan fingerprint density at radius 3 is 2.73 bits per heavy atom. The number of halogens is 1. The van der Waals surface area contributed by atoms with E-state index in [1.54, 1.807) is 6.07 Å². The number of hydrogen-bond acceptors (Lipinski definition) is 3. The first-order valence-electron chi connectivity index (χ1n) is 4.94. The van der Waals surface area contributed by atoms with E-state index in [0.717, 1.165) is 12.8 Å². The van der Waals surface area contributed by atoms with Crippen LogP contribution in [0.15, 0.2) is 12.1 Å². The number of phenolic OH excluding ortho intramolecular Hbond substituents is 1. The molecule has 0 aliphatic carbocycles. The number of methoxy groups -OCH3 is 1. The lowest BCUT2D eigenvalue weighted by atomic mass is 10.1. The van der Waals surface area contributed by atoms with Crippen molar-refractivity contribution in [2.24, 2.45) is 5.73 Å². The Morgan fingerprint density at radius 2 is 2.13 bits per heavy atom. The number of aromatic hydroxyl groups is 1. The number of nitrogens with two attached hydrogens (primary N) is 1. The van der Waals surface area contributed by atoms with Crippen LogP contribution in [-0.2, 0) is 6.42 Å². The molecule has 84 valence electrons. The maximum atomic E-state index is 13.4. The molecule has 0 aliphatic heterocycles. The lowest BCUT2D eigenvalue weighted by Crippen LogP contribution is -2.00. The van der Waals surface area contributed by atoms with Gasteiger partial charge >= 0.3 is 0 Å². The number of aryl methyl sites for hydroxylation is 1. The van der Waals surface area contributed by atoms with E-state index in [1.165, 1.54) is 13.2 Å². The maximum Gasteiger partial charge on any atom is 0.168 e. The van der Waals surface area contributed by atoms with E-state index in [9.17, 15) is 9.50 Å². The van der Waals surface area contributed by atoms with Gasteiger partial charge in [0.15, 0.2) is 11.6 Å². The molecule has 0 aromatic heterocycles. The first kappa shape index (κ1) is 11.8. The van der Waals surface area contributed by atoms with E-state index in [2.05, 4.69) is 0 Å². The third-order valence-electron chi connectivity index (χ3n) is 2.24. The predicted molar refractivity (Wildman–Crippen MR) is 56.6 cm³/mol. The molecule has 0 fully saturated rings. The SMILES string of the molecule is COc1cc(O)c(F)c(CCCCN)c1. The highest BCUT2D eigenvalue weighted by Crippen LogP contribution is 2.27. The number of ether oxygens (including phenoxy) is 1. The molecule has 0 spiro atoms. The monoisotopic (exact) mass is 213 g/mol. The number of hydrogen-bond donors (Lipinski definition) is 2. The second-order valence-corrected chi connectivity index (χ2v) is 3.37. The summed E-state index contributed by atoms with van der Waals surface area (Å²) in [7, 11) is 1.48. The molecule has 1 aromatic rings. The minimum absolute atomic E-state index is 0.364. The Morgan fingerprint density at radius 1 is 1.40 bits per heavy atom. The van der Waals surface area contributed by atoms with Crippen molar-refractivity contribution in [3.63, 3.8) is 0 Å². The van der Waals surface area contributed by atoms with Crippen molar-refractivity contribution in [2.75, 3.05) is 13.7 Å². The molecule has 15 heavy (non-hydrogen) atoms. The van der Waals surface area contributed by atoms with Gasteiger partial charge in [-0.1, -0.05) is 0 Å². The molecule has 4 heteroatoms. The quantitative estimate of drug-likeness (QED) is 0.733. The normalized spacial score (nSPS) is 10.3. The second-order valence-electron chi connectivity index (χ2n) is 3.37. The Labute approximate surface area is 88.7 Å². The van der Waals surface area contributed by atoms with Gasteiger partial charge in [0.2, 0.25) is 0 Å². The molecule has 0 saturated carbocycles. The molecule has 3 N–H and O–H groups in total. The van der Waals surface area contributed by atoms with Gasteiger partial charge < -0.3 is 15.6 Å². The van der Waals surface area contributed by atoms with Crippen molar-refractivity contribution < 1.29 is 14.2 Å². The van der Waals surface area contributed by atoms with Gasteiger partial charge in [-0.15, -0.1) is 0 Å². The molecule has 3 nitrogen and oxygen atoms in total. The van der Waals surface area contributed by atoms with Crippen molar-refractivity contribution in [3.05, 3.63) is 23.5 Å². The third-order valence-corrected chi connectivity index (χ3v) is 2.24. The van der Waals surface area contributed by atoms with Crippen LogP contribution in [0.2, 0.25) is 0 Å².